The molecular weight excluding hydrogens is 502 g/mol. The van der Waals surface area contributed by atoms with Crippen molar-refractivity contribution < 1.29 is 50.1 Å². The minimum Gasteiger partial charge on any atom is -0.475 e. The van der Waals surface area contributed by atoms with Crippen molar-refractivity contribution in [2.24, 2.45) is 16.5 Å². The summed E-state index contributed by atoms with van der Waals surface area (Å²) in [6, 6.07) is 0.324. The Morgan fingerprint density at radius 1 is 1.17 bits per heavy atom. The highest BCUT2D eigenvalue weighted by molar-refractivity contribution is 6.02. The third kappa shape index (κ3) is 7.95. The number of guanidine groups is 1. The number of halogens is 6. The number of hydrogen-bond acceptors (Lipinski definition) is 6. The van der Waals surface area contributed by atoms with Crippen molar-refractivity contribution in [1.29, 1.82) is 0 Å². The summed E-state index contributed by atoms with van der Waals surface area (Å²) in [5, 5.41) is 2.18. The zero-order chi connectivity index (χ0) is 27.3. The van der Waals surface area contributed by atoms with Crippen LogP contribution in [-0.4, -0.2) is 56.2 Å². The van der Waals surface area contributed by atoms with Crippen molar-refractivity contribution in [3.63, 3.8) is 0 Å². The quantitative estimate of drug-likeness (QED) is 0.148. The van der Waals surface area contributed by atoms with Gasteiger partial charge in [0, 0.05) is 12.1 Å². The minimum absolute atomic E-state index is 0.0114. The highest BCUT2D eigenvalue weighted by Gasteiger charge is 2.49. The number of ether oxygens (including phenoxy) is 3. The molecule has 0 aromatic heterocycles. The van der Waals surface area contributed by atoms with Gasteiger partial charge in [0.2, 0.25) is 6.10 Å². The Kier molecular flexibility index (Phi) is 9.05. The van der Waals surface area contributed by atoms with Gasteiger partial charge in [-0.1, -0.05) is 0 Å². The van der Waals surface area contributed by atoms with Crippen LogP contribution in [0.5, 0.6) is 11.5 Å². The van der Waals surface area contributed by atoms with Gasteiger partial charge in [-0.05, 0) is 50.0 Å². The predicted molar refractivity (Wildman–Crippen MR) is 115 cm³/mol. The first-order chi connectivity index (χ1) is 16.6. The van der Waals surface area contributed by atoms with E-state index in [9.17, 15) is 35.9 Å². The van der Waals surface area contributed by atoms with Crippen molar-refractivity contribution in [3.8, 4) is 11.5 Å². The molecule has 1 heterocycles. The number of carbonyl (C=O) groups is 2. The summed E-state index contributed by atoms with van der Waals surface area (Å²) in [6.45, 7) is 1.45. The van der Waals surface area contributed by atoms with E-state index in [1.54, 1.807) is 0 Å². The SMILES string of the molecule is COC(=O)C(CCCCN=C(N)N)NC(=O)C1=Cc2cc(OC(F)(F)F)cc(C)c2O[C@@H]1C(F)(F)F. The fraction of sp³-hybridized carbons (Fsp3) is 0.476. The molecule has 1 aromatic carbocycles. The number of nitrogens with one attached hydrogen (secondary N) is 1. The van der Waals surface area contributed by atoms with Crippen molar-refractivity contribution >= 4 is 23.9 Å². The number of methoxy groups -OCH3 is 1. The molecule has 0 radical (unpaired) electrons. The lowest BCUT2D eigenvalue weighted by molar-refractivity contribution is -0.274. The van der Waals surface area contributed by atoms with Crippen LogP contribution in [0.1, 0.15) is 30.4 Å². The zero-order valence-electron chi connectivity index (χ0n) is 19.1. The summed E-state index contributed by atoms with van der Waals surface area (Å²) in [6.07, 6.45) is -11.4. The van der Waals surface area contributed by atoms with Crippen molar-refractivity contribution in [2.75, 3.05) is 13.7 Å². The lowest BCUT2D eigenvalue weighted by atomic mass is 9.97. The summed E-state index contributed by atoms with van der Waals surface area (Å²) >= 11 is 0. The molecule has 0 spiro atoms. The van der Waals surface area contributed by atoms with Crippen LogP contribution in [0.3, 0.4) is 0 Å². The molecule has 2 atom stereocenters. The Balaban J connectivity index is 2.35. The molecule has 15 heteroatoms. The maximum absolute atomic E-state index is 13.8. The fourth-order valence-electron chi connectivity index (χ4n) is 3.38. The number of benzene rings is 1. The number of aryl methyl sites for hydroxylation is 1. The first-order valence-corrected chi connectivity index (χ1v) is 10.4. The molecule has 1 aliphatic heterocycles. The molecule has 1 aromatic rings. The number of rotatable bonds is 9. The van der Waals surface area contributed by atoms with Gasteiger partial charge < -0.3 is 31.0 Å². The lowest BCUT2D eigenvalue weighted by Gasteiger charge is -2.30. The molecule has 1 amide bonds. The lowest BCUT2D eigenvalue weighted by Crippen LogP contribution is -2.48. The standard InChI is InChI=1S/C21H24F6N4O5/c1-10-7-12(36-21(25,26)27)8-11-9-13(16(20(22,23)24)35-15(10)11)17(32)31-14(18(33)34-2)5-3-4-6-30-19(28)29/h7-9,14,16H,3-6H2,1-2H3,(H,31,32)(H4,28,29,30)/t14?,16-/m0/s1. The Morgan fingerprint density at radius 3 is 2.39 bits per heavy atom. The Bertz CT molecular complexity index is 1030. The Labute approximate surface area is 201 Å². The molecule has 1 unspecified atom stereocenters. The maximum Gasteiger partial charge on any atom is 0.573 e. The van der Waals surface area contributed by atoms with Gasteiger partial charge in [0.05, 0.1) is 12.7 Å². The van der Waals surface area contributed by atoms with Crippen LogP contribution in [0.15, 0.2) is 22.7 Å². The molecule has 9 nitrogen and oxygen atoms in total. The van der Waals surface area contributed by atoms with E-state index in [-0.39, 0.29) is 35.8 Å². The highest BCUT2D eigenvalue weighted by Crippen LogP contribution is 2.41. The van der Waals surface area contributed by atoms with Crippen LogP contribution in [0.25, 0.3) is 6.08 Å². The molecule has 200 valence electrons. The summed E-state index contributed by atoms with van der Waals surface area (Å²) in [7, 11) is 1.03. The Morgan fingerprint density at radius 2 is 1.83 bits per heavy atom. The van der Waals surface area contributed by atoms with E-state index in [2.05, 4.69) is 19.8 Å². The van der Waals surface area contributed by atoms with Crippen LogP contribution < -0.4 is 26.3 Å². The third-order valence-corrected chi connectivity index (χ3v) is 4.89. The molecular formula is C21H24F6N4O5. The summed E-state index contributed by atoms with van der Waals surface area (Å²) in [5.41, 5.74) is 9.13. The van der Waals surface area contributed by atoms with Gasteiger partial charge in [0.15, 0.2) is 5.96 Å². The second-order valence-corrected chi connectivity index (χ2v) is 7.70. The summed E-state index contributed by atoms with van der Waals surface area (Å²) in [5.74, 6) is -3.45. The Hall–Kier alpha value is -3.65. The van der Waals surface area contributed by atoms with Crippen LogP contribution in [-0.2, 0) is 14.3 Å². The molecule has 0 fully saturated rings. The van der Waals surface area contributed by atoms with Gasteiger partial charge in [0.1, 0.15) is 17.5 Å². The van der Waals surface area contributed by atoms with Crippen molar-refractivity contribution in [3.05, 3.63) is 28.8 Å². The zero-order valence-corrected chi connectivity index (χ0v) is 19.1. The van der Waals surface area contributed by atoms with Gasteiger partial charge in [-0.2, -0.15) is 13.2 Å². The maximum atomic E-state index is 13.8. The topological polar surface area (TPSA) is 138 Å². The monoisotopic (exact) mass is 526 g/mol. The van der Waals surface area contributed by atoms with E-state index >= 15 is 0 Å². The molecule has 2 rings (SSSR count). The number of esters is 1. The predicted octanol–water partition coefficient (Wildman–Crippen LogP) is 2.70. The highest BCUT2D eigenvalue weighted by atomic mass is 19.4. The van der Waals surface area contributed by atoms with Crippen LogP contribution in [0.2, 0.25) is 0 Å². The number of nitrogens with zero attached hydrogens (tertiary/aromatic N) is 1. The van der Waals surface area contributed by atoms with Crippen LogP contribution in [0.4, 0.5) is 26.3 Å². The van der Waals surface area contributed by atoms with Gasteiger partial charge >= 0.3 is 18.5 Å². The van der Waals surface area contributed by atoms with E-state index in [0.717, 1.165) is 25.3 Å². The number of alkyl halides is 6. The normalized spacial score (nSPS) is 16.1. The average Bonchev–Trinajstić information content (AvgIpc) is 2.74. The van der Waals surface area contributed by atoms with Crippen LogP contribution >= 0.6 is 0 Å². The number of aliphatic imine (C=N–C) groups is 1. The minimum atomic E-state index is -5.06. The molecule has 36 heavy (non-hydrogen) atoms. The number of nitrogens with two attached hydrogens (primary N) is 2. The molecule has 5 N–H and O–H groups in total. The second-order valence-electron chi connectivity index (χ2n) is 7.70. The van der Waals surface area contributed by atoms with Gasteiger partial charge in [-0.3, -0.25) is 9.79 Å². The van der Waals surface area contributed by atoms with E-state index in [1.165, 1.54) is 6.92 Å². The van der Waals surface area contributed by atoms with Crippen molar-refractivity contribution in [1.82, 2.24) is 5.32 Å². The molecule has 0 saturated carbocycles. The van der Waals surface area contributed by atoms with E-state index < -0.39 is 47.9 Å². The van der Waals surface area contributed by atoms with Crippen molar-refractivity contribution in [2.45, 2.75) is 50.9 Å². The number of unbranched alkanes of at least 4 members (excludes halogenated alkanes) is 1. The molecule has 0 saturated heterocycles. The van der Waals surface area contributed by atoms with E-state index in [1.807, 2.05) is 0 Å². The first kappa shape index (κ1) is 28.6. The second kappa shape index (κ2) is 11.4. The summed E-state index contributed by atoms with van der Waals surface area (Å²) in [4.78, 5) is 28.7. The van der Waals surface area contributed by atoms with Gasteiger partial charge in [-0.15, -0.1) is 13.2 Å². The molecule has 0 bridgehead atoms. The number of carbonyl (C=O) groups excluding carboxylic acids is 2. The average molecular weight is 526 g/mol. The number of amides is 1. The third-order valence-electron chi connectivity index (χ3n) is 4.89. The van der Waals surface area contributed by atoms with Gasteiger partial charge in [0.25, 0.3) is 5.91 Å². The molecule has 0 aliphatic carbocycles. The smallest absolute Gasteiger partial charge is 0.475 e. The number of fused-ring (bicyclic) bond motifs is 1. The van der Waals surface area contributed by atoms with E-state index in [4.69, 9.17) is 16.2 Å². The van der Waals surface area contributed by atoms with E-state index in [0.29, 0.717) is 12.8 Å². The molecule has 1 aliphatic rings. The fourth-order valence-corrected chi connectivity index (χ4v) is 3.38. The van der Waals surface area contributed by atoms with Crippen LogP contribution in [0, 0.1) is 6.92 Å². The van der Waals surface area contributed by atoms with Gasteiger partial charge in [-0.25, -0.2) is 4.79 Å². The first-order valence-electron chi connectivity index (χ1n) is 10.4. The number of hydrogen-bond donors (Lipinski definition) is 3. The summed E-state index contributed by atoms with van der Waals surface area (Å²) < 4.78 is 92.6. The largest absolute Gasteiger partial charge is 0.573 e.